The van der Waals surface area contributed by atoms with E-state index >= 15 is 0 Å². The Labute approximate surface area is 213 Å². The zero-order valence-electron chi connectivity index (χ0n) is 23.2. The molecule has 3 aromatic carbocycles. The van der Waals surface area contributed by atoms with Crippen molar-refractivity contribution in [2.75, 3.05) is 0 Å². The van der Waals surface area contributed by atoms with Gasteiger partial charge in [-0.25, -0.2) is 0 Å². The van der Waals surface area contributed by atoms with Crippen LogP contribution in [-0.4, -0.2) is 18.3 Å². The summed E-state index contributed by atoms with van der Waals surface area (Å²) in [7, 11) is -0.448. The van der Waals surface area contributed by atoms with Gasteiger partial charge < -0.3 is 9.31 Å². The topological polar surface area (TPSA) is 18.5 Å². The van der Waals surface area contributed by atoms with Gasteiger partial charge in [-0.2, -0.15) is 0 Å². The van der Waals surface area contributed by atoms with E-state index in [9.17, 15) is 0 Å². The van der Waals surface area contributed by atoms with Crippen LogP contribution in [-0.2, 0) is 20.1 Å². The molecule has 1 heterocycles. The summed E-state index contributed by atoms with van der Waals surface area (Å²) in [5, 5.41) is 0. The molecule has 0 unspecified atom stereocenters. The van der Waals surface area contributed by atoms with Crippen molar-refractivity contribution in [3.8, 4) is 22.3 Å². The van der Waals surface area contributed by atoms with Crippen LogP contribution >= 0.6 is 0 Å². The zero-order chi connectivity index (χ0) is 25.8. The number of hydrogen-bond acceptors (Lipinski definition) is 2. The lowest BCUT2D eigenvalue weighted by molar-refractivity contribution is 0.00578. The largest absolute Gasteiger partial charge is 0.496 e. The van der Waals surface area contributed by atoms with Crippen molar-refractivity contribution in [3.05, 3.63) is 77.9 Å². The molecule has 4 rings (SSSR count). The van der Waals surface area contributed by atoms with Crippen LogP contribution in [0.5, 0.6) is 0 Å². The third kappa shape index (κ3) is 4.99. The maximum atomic E-state index is 6.61. The van der Waals surface area contributed by atoms with Crippen LogP contribution in [0.2, 0.25) is 0 Å². The first-order chi connectivity index (χ1) is 16.1. The van der Waals surface area contributed by atoms with E-state index in [-0.39, 0.29) is 10.8 Å². The molecule has 1 fully saturated rings. The SMILES string of the molecule is CC(C)(C)c1ccc(-c2cccc(-c3ccc(C(C)(C)C)cc3)c2B2OC(C)(C)C(C)(C)O2)cc1. The van der Waals surface area contributed by atoms with Crippen molar-refractivity contribution < 1.29 is 9.31 Å². The van der Waals surface area contributed by atoms with Crippen molar-refractivity contribution in [2.45, 2.75) is 91.3 Å². The minimum Gasteiger partial charge on any atom is -0.399 e. The summed E-state index contributed by atoms with van der Waals surface area (Å²) in [6.45, 7) is 22.0. The molecular weight excluding hydrogens is 427 g/mol. The molecule has 0 atom stereocenters. The maximum Gasteiger partial charge on any atom is 0.496 e. The molecule has 35 heavy (non-hydrogen) atoms. The van der Waals surface area contributed by atoms with Gasteiger partial charge in [-0.15, -0.1) is 0 Å². The standard InChI is InChI=1S/C32H41BO2/c1-29(2,3)24-18-14-22(15-19-24)26-12-11-13-27(23-16-20-25(21-17-23)30(4,5)6)28(26)33-34-31(7,8)32(9,10)35-33/h11-21H,1-10H3. The van der Waals surface area contributed by atoms with E-state index in [4.69, 9.17) is 9.31 Å². The molecule has 2 nitrogen and oxygen atoms in total. The molecule has 3 heteroatoms. The lowest BCUT2D eigenvalue weighted by Crippen LogP contribution is -2.41. The molecule has 0 saturated carbocycles. The summed E-state index contributed by atoms with van der Waals surface area (Å²) in [5.41, 5.74) is 7.82. The molecule has 0 N–H and O–H groups in total. The molecule has 1 saturated heterocycles. The second kappa shape index (κ2) is 8.64. The summed E-state index contributed by atoms with van der Waals surface area (Å²) in [6, 6.07) is 24.4. The first kappa shape index (κ1) is 25.7. The number of hydrogen-bond donors (Lipinski definition) is 0. The molecule has 0 amide bonds. The van der Waals surface area contributed by atoms with Crippen LogP contribution in [0.15, 0.2) is 66.7 Å². The van der Waals surface area contributed by atoms with Gasteiger partial charge in [0.15, 0.2) is 0 Å². The van der Waals surface area contributed by atoms with Gasteiger partial charge in [0.1, 0.15) is 0 Å². The first-order valence-corrected chi connectivity index (χ1v) is 12.8. The third-order valence-corrected chi connectivity index (χ3v) is 7.72. The predicted molar refractivity (Wildman–Crippen MR) is 150 cm³/mol. The van der Waals surface area contributed by atoms with Crippen LogP contribution in [0.25, 0.3) is 22.3 Å². The highest BCUT2D eigenvalue weighted by Gasteiger charge is 2.52. The Kier molecular flexibility index (Phi) is 6.35. The molecule has 0 aromatic heterocycles. The molecular formula is C32H41BO2. The van der Waals surface area contributed by atoms with Crippen LogP contribution in [0.1, 0.15) is 80.4 Å². The van der Waals surface area contributed by atoms with E-state index in [1.165, 1.54) is 22.3 Å². The van der Waals surface area contributed by atoms with Gasteiger partial charge in [0, 0.05) is 0 Å². The van der Waals surface area contributed by atoms with Gasteiger partial charge in [-0.05, 0) is 77.4 Å². The Bertz CT molecular complexity index is 1100. The summed E-state index contributed by atoms with van der Waals surface area (Å²) in [4.78, 5) is 0. The highest BCUT2D eigenvalue weighted by Crippen LogP contribution is 2.39. The maximum absolute atomic E-state index is 6.61. The second-order valence-electron chi connectivity index (χ2n) is 13.0. The number of benzene rings is 3. The highest BCUT2D eigenvalue weighted by atomic mass is 16.7. The fraction of sp³-hybridized carbons (Fsp3) is 0.438. The smallest absolute Gasteiger partial charge is 0.399 e. The van der Waals surface area contributed by atoms with E-state index in [0.717, 1.165) is 16.6 Å². The van der Waals surface area contributed by atoms with Crippen molar-refractivity contribution in [1.82, 2.24) is 0 Å². The van der Waals surface area contributed by atoms with Crippen LogP contribution in [0.4, 0.5) is 0 Å². The van der Waals surface area contributed by atoms with Gasteiger partial charge in [-0.3, -0.25) is 0 Å². The van der Waals surface area contributed by atoms with Gasteiger partial charge in [0.05, 0.1) is 11.2 Å². The lowest BCUT2D eigenvalue weighted by Gasteiger charge is -2.32. The molecule has 1 aliphatic rings. The molecule has 0 aliphatic carbocycles. The van der Waals surface area contributed by atoms with E-state index in [1.54, 1.807) is 0 Å². The van der Waals surface area contributed by atoms with Crippen LogP contribution in [0, 0.1) is 0 Å². The Morgan fingerprint density at radius 3 is 1.20 bits per heavy atom. The Balaban J connectivity index is 1.88. The Hall–Kier alpha value is -2.36. The second-order valence-corrected chi connectivity index (χ2v) is 13.0. The average molecular weight is 468 g/mol. The van der Waals surface area contributed by atoms with Crippen molar-refractivity contribution in [2.24, 2.45) is 0 Å². The highest BCUT2D eigenvalue weighted by molar-refractivity contribution is 6.65. The van der Waals surface area contributed by atoms with Crippen molar-refractivity contribution in [3.63, 3.8) is 0 Å². The van der Waals surface area contributed by atoms with Crippen LogP contribution in [0.3, 0.4) is 0 Å². The summed E-state index contributed by atoms with van der Waals surface area (Å²) < 4.78 is 13.2. The fourth-order valence-electron chi connectivity index (χ4n) is 4.58. The Morgan fingerprint density at radius 2 is 0.886 bits per heavy atom. The summed E-state index contributed by atoms with van der Waals surface area (Å²) in [5.74, 6) is 0. The molecule has 0 radical (unpaired) electrons. The van der Waals surface area contributed by atoms with E-state index in [1.807, 2.05) is 0 Å². The molecule has 184 valence electrons. The minimum atomic E-state index is -0.448. The van der Waals surface area contributed by atoms with Gasteiger partial charge in [0.2, 0.25) is 0 Å². The Morgan fingerprint density at radius 1 is 0.543 bits per heavy atom. The van der Waals surface area contributed by atoms with Gasteiger partial charge >= 0.3 is 7.12 Å². The number of rotatable bonds is 3. The zero-order valence-corrected chi connectivity index (χ0v) is 23.2. The molecule has 3 aromatic rings. The first-order valence-electron chi connectivity index (χ1n) is 12.8. The van der Waals surface area contributed by atoms with Gasteiger partial charge in [-0.1, -0.05) is 108 Å². The molecule has 0 spiro atoms. The average Bonchev–Trinajstić information content (AvgIpc) is 2.99. The monoisotopic (exact) mass is 468 g/mol. The summed E-state index contributed by atoms with van der Waals surface area (Å²) >= 11 is 0. The fourth-order valence-corrected chi connectivity index (χ4v) is 4.58. The van der Waals surface area contributed by atoms with E-state index in [2.05, 4.69) is 136 Å². The predicted octanol–water partition coefficient (Wildman–Crippen LogP) is 7.91. The quantitative estimate of drug-likeness (QED) is 0.364. The normalized spacial score (nSPS) is 17.6. The van der Waals surface area contributed by atoms with Crippen molar-refractivity contribution in [1.29, 1.82) is 0 Å². The lowest BCUT2D eigenvalue weighted by atomic mass is 9.70. The summed E-state index contributed by atoms with van der Waals surface area (Å²) in [6.07, 6.45) is 0. The van der Waals surface area contributed by atoms with Crippen LogP contribution < -0.4 is 5.46 Å². The molecule has 1 aliphatic heterocycles. The van der Waals surface area contributed by atoms with E-state index in [0.29, 0.717) is 0 Å². The third-order valence-electron chi connectivity index (χ3n) is 7.72. The van der Waals surface area contributed by atoms with Crippen molar-refractivity contribution >= 4 is 12.6 Å². The minimum absolute atomic E-state index is 0.115. The molecule has 0 bridgehead atoms. The van der Waals surface area contributed by atoms with E-state index < -0.39 is 18.3 Å². The van der Waals surface area contributed by atoms with Gasteiger partial charge in [0.25, 0.3) is 0 Å².